The highest BCUT2D eigenvalue weighted by atomic mass is 32.2. The average Bonchev–Trinajstić information content (AvgIpc) is 3.25. The Morgan fingerprint density at radius 1 is 1.38 bits per heavy atom. The summed E-state index contributed by atoms with van der Waals surface area (Å²) in [7, 11) is 0. The second kappa shape index (κ2) is 6.02. The summed E-state index contributed by atoms with van der Waals surface area (Å²) in [6, 6.07) is 6.64. The molecule has 0 aliphatic heterocycles. The van der Waals surface area contributed by atoms with Gasteiger partial charge < -0.3 is 4.57 Å². The number of allylic oxidation sites excluding steroid dienone is 1. The predicted octanol–water partition coefficient (Wildman–Crippen LogP) is 4.33. The van der Waals surface area contributed by atoms with Gasteiger partial charge in [0.1, 0.15) is 11.6 Å². The summed E-state index contributed by atoms with van der Waals surface area (Å²) in [5.41, 5.74) is 1.09. The van der Waals surface area contributed by atoms with Crippen molar-refractivity contribution in [3.8, 4) is 0 Å². The lowest BCUT2D eigenvalue weighted by atomic mass is 10.2. The zero-order valence-electron chi connectivity index (χ0n) is 12.0. The van der Waals surface area contributed by atoms with Gasteiger partial charge in [-0.1, -0.05) is 30.0 Å². The molecule has 1 aromatic heterocycles. The number of benzene rings is 1. The first kappa shape index (κ1) is 14.3. The molecule has 1 atom stereocenters. The van der Waals surface area contributed by atoms with E-state index in [2.05, 4.69) is 28.3 Å². The Morgan fingerprint density at radius 2 is 2.10 bits per heavy atom. The maximum Gasteiger partial charge on any atom is 0.192 e. The van der Waals surface area contributed by atoms with Crippen LogP contribution in [-0.2, 0) is 6.54 Å². The SMILES string of the molecule is C=CCn1c(S[C@@H](C)c2ccc(F)cc2)nnc1C1CC1. The van der Waals surface area contributed by atoms with E-state index >= 15 is 0 Å². The lowest BCUT2D eigenvalue weighted by Crippen LogP contribution is -2.03. The van der Waals surface area contributed by atoms with Gasteiger partial charge in [-0.15, -0.1) is 16.8 Å². The normalized spacial score (nSPS) is 15.9. The van der Waals surface area contributed by atoms with Crippen LogP contribution >= 0.6 is 11.8 Å². The van der Waals surface area contributed by atoms with E-state index in [0.29, 0.717) is 5.92 Å². The standard InChI is InChI=1S/C16H18FN3S/c1-3-10-20-15(13-4-5-13)18-19-16(20)21-11(2)12-6-8-14(17)9-7-12/h3,6-9,11,13H,1,4-5,10H2,2H3/t11-/m0/s1. The highest BCUT2D eigenvalue weighted by Crippen LogP contribution is 2.41. The minimum Gasteiger partial charge on any atom is -0.302 e. The lowest BCUT2D eigenvalue weighted by molar-refractivity contribution is 0.627. The first-order valence-electron chi connectivity index (χ1n) is 7.15. The molecule has 5 heteroatoms. The zero-order chi connectivity index (χ0) is 14.8. The fraction of sp³-hybridized carbons (Fsp3) is 0.375. The van der Waals surface area contributed by atoms with E-state index in [-0.39, 0.29) is 11.1 Å². The summed E-state index contributed by atoms with van der Waals surface area (Å²) in [4.78, 5) is 0. The Hall–Kier alpha value is -1.62. The van der Waals surface area contributed by atoms with Gasteiger partial charge in [-0.25, -0.2) is 4.39 Å². The molecule has 2 aromatic rings. The zero-order valence-corrected chi connectivity index (χ0v) is 12.8. The van der Waals surface area contributed by atoms with Crippen molar-refractivity contribution in [2.24, 2.45) is 0 Å². The van der Waals surface area contributed by atoms with Gasteiger partial charge >= 0.3 is 0 Å². The monoisotopic (exact) mass is 303 g/mol. The van der Waals surface area contributed by atoms with E-state index in [1.165, 1.54) is 25.0 Å². The third-order valence-electron chi connectivity index (χ3n) is 3.62. The number of halogens is 1. The van der Waals surface area contributed by atoms with Crippen LogP contribution < -0.4 is 0 Å². The summed E-state index contributed by atoms with van der Waals surface area (Å²) < 4.78 is 15.1. The quantitative estimate of drug-likeness (QED) is 0.587. The van der Waals surface area contributed by atoms with Gasteiger partial charge in [-0.2, -0.15) is 0 Å². The molecule has 0 amide bonds. The fourth-order valence-electron chi connectivity index (χ4n) is 2.29. The van der Waals surface area contributed by atoms with Gasteiger partial charge in [0.15, 0.2) is 5.16 Å². The van der Waals surface area contributed by atoms with Gasteiger partial charge in [-0.05, 0) is 37.5 Å². The summed E-state index contributed by atoms with van der Waals surface area (Å²) in [5, 5.41) is 9.79. The largest absolute Gasteiger partial charge is 0.302 e. The Morgan fingerprint density at radius 3 is 2.71 bits per heavy atom. The van der Waals surface area contributed by atoms with Crippen LogP contribution in [0.1, 0.15) is 42.3 Å². The molecule has 1 saturated carbocycles. The molecule has 0 N–H and O–H groups in total. The Balaban J connectivity index is 1.80. The molecule has 1 fully saturated rings. The number of hydrogen-bond acceptors (Lipinski definition) is 3. The highest BCUT2D eigenvalue weighted by Gasteiger charge is 2.30. The van der Waals surface area contributed by atoms with Gasteiger partial charge in [0.2, 0.25) is 0 Å². The Bertz CT molecular complexity index is 631. The van der Waals surface area contributed by atoms with Gasteiger partial charge in [0.05, 0.1) is 0 Å². The van der Waals surface area contributed by atoms with Gasteiger partial charge in [0, 0.05) is 17.7 Å². The molecule has 3 rings (SSSR count). The minimum atomic E-state index is -0.207. The maximum absolute atomic E-state index is 13.0. The molecule has 0 spiro atoms. The Kier molecular flexibility index (Phi) is 4.10. The van der Waals surface area contributed by atoms with Gasteiger partial charge in [-0.3, -0.25) is 0 Å². The second-order valence-electron chi connectivity index (χ2n) is 5.33. The molecule has 0 saturated heterocycles. The summed E-state index contributed by atoms with van der Waals surface area (Å²) in [6.45, 7) is 6.65. The van der Waals surface area contributed by atoms with Gasteiger partial charge in [0.25, 0.3) is 0 Å². The van der Waals surface area contributed by atoms with E-state index in [0.717, 1.165) is 23.1 Å². The number of thioether (sulfide) groups is 1. The van der Waals surface area contributed by atoms with Crippen LogP contribution in [0.4, 0.5) is 4.39 Å². The molecule has 110 valence electrons. The minimum absolute atomic E-state index is 0.199. The molecule has 21 heavy (non-hydrogen) atoms. The summed E-state index contributed by atoms with van der Waals surface area (Å²) >= 11 is 1.65. The van der Waals surface area contributed by atoms with Crippen molar-refractivity contribution >= 4 is 11.8 Å². The van der Waals surface area contributed by atoms with E-state index in [4.69, 9.17) is 0 Å². The molecule has 3 nitrogen and oxygen atoms in total. The number of hydrogen-bond donors (Lipinski definition) is 0. The van der Waals surface area contributed by atoms with Crippen LogP contribution in [0.2, 0.25) is 0 Å². The molecule has 0 bridgehead atoms. The van der Waals surface area contributed by atoms with Crippen LogP contribution in [0.15, 0.2) is 42.1 Å². The smallest absolute Gasteiger partial charge is 0.192 e. The van der Waals surface area contributed by atoms with E-state index < -0.39 is 0 Å². The molecular weight excluding hydrogens is 285 g/mol. The number of nitrogens with zero attached hydrogens (tertiary/aromatic N) is 3. The third kappa shape index (κ3) is 3.18. The molecule has 1 aliphatic carbocycles. The van der Waals surface area contributed by atoms with Crippen molar-refractivity contribution in [2.75, 3.05) is 0 Å². The van der Waals surface area contributed by atoms with Crippen LogP contribution in [0.3, 0.4) is 0 Å². The van der Waals surface area contributed by atoms with Crippen molar-refractivity contribution < 1.29 is 4.39 Å². The first-order chi connectivity index (χ1) is 10.2. The van der Waals surface area contributed by atoms with Crippen molar-refractivity contribution in [3.05, 3.63) is 54.1 Å². The molecular formula is C16H18FN3S. The molecule has 0 unspecified atom stereocenters. The molecule has 0 radical (unpaired) electrons. The lowest BCUT2D eigenvalue weighted by Gasteiger charge is -2.12. The first-order valence-corrected chi connectivity index (χ1v) is 8.03. The number of aromatic nitrogens is 3. The van der Waals surface area contributed by atoms with Crippen molar-refractivity contribution in [1.29, 1.82) is 0 Å². The van der Waals surface area contributed by atoms with Crippen LogP contribution in [0.25, 0.3) is 0 Å². The molecule has 1 heterocycles. The summed E-state index contributed by atoms with van der Waals surface area (Å²) in [5.74, 6) is 1.43. The summed E-state index contributed by atoms with van der Waals surface area (Å²) in [6.07, 6.45) is 4.28. The maximum atomic E-state index is 13.0. The van der Waals surface area contributed by atoms with Crippen molar-refractivity contribution in [2.45, 2.75) is 42.6 Å². The second-order valence-corrected chi connectivity index (χ2v) is 6.63. The van der Waals surface area contributed by atoms with Crippen LogP contribution in [0, 0.1) is 5.82 Å². The number of rotatable bonds is 6. The van der Waals surface area contributed by atoms with Crippen LogP contribution in [0.5, 0.6) is 0 Å². The van der Waals surface area contributed by atoms with Crippen molar-refractivity contribution in [3.63, 3.8) is 0 Å². The molecule has 1 aliphatic rings. The third-order valence-corrected chi connectivity index (χ3v) is 4.76. The highest BCUT2D eigenvalue weighted by molar-refractivity contribution is 7.99. The average molecular weight is 303 g/mol. The van der Waals surface area contributed by atoms with E-state index in [9.17, 15) is 4.39 Å². The van der Waals surface area contributed by atoms with Crippen LogP contribution in [-0.4, -0.2) is 14.8 Å². The Labute approximate surface area is 128 Å². The topological polar surface area (TPSA) is 30.7 Å². The molecule has 1 aromatic carbocycles. The fourth-order valence-corrected chi connectivity index (χ4v) is 3.28. The van der Waals surface area contributed by atoms with E-state index in [1.54, 1.807) is 11.8 Å². The van der Waals surface area contributed by atoms with Crippen molar-refractivity contribution in [1.82, 2.24) is 14.8 Å². The van der Waals surface area contributed by atoms with E-state index in [1.807, 2.05) is 18.2 Å². The predicted molar refractivity (Wildman–Crippen MR) is 82.9 cm³/mol.